The molecule has 0 aliphatic carbocycles. The number of carboxylic acid groups (broad SMARTS) is 1. The monoisotopic (exact) mass is 233 g/mol. The van der Waals surface area contributed by atoms with Crippen LogP contribution in [-0.2, 0) is 4.79 Å². The molecule has 0 aliphatic heterocycles. The van der Waals surface area contributed by atoms with Crippen molar-refractivity contribution in [3.8, 4) is 6.07 Å². The fraction of sp³-hybridized carbons (Fsp3) is 0.250. The van der Waals surface area contributed by atoms with Crippen molar-refractivity contribution in [1.29, 1.82) is 5.26 Å². The molecule has 5 nitrogen and oxygen atoms in total. The summed E-state index contributed by atoms with van der Waals surface area (Å²) >= 11 is 0. The largest absolute Gasteiger partial charge is 0.479 e. The highest BCUT2D eigenvalue weighted by atomic mass is 16.4. The standard InChI is InChI=1S/C12H11NO4/c1-2-10(14)8-4-3-7(6-13)5-9(8)11(15)12(16)17/h3-5,11,15H,2H2,1H3,(H,16,17). The van der Waals surface area contributed by atoms with Crippen LogP contribution in [0.1, 0.15) is 40.9 Å². The Morgan fingerprint density at radius 1 is 1.47 bits per heavy atom. The van der Waals surface area contributed by atoms with Gasteiger partial charge in [-0.15, -0.1) is 0 Å². The molecule has 0 amide bonds. The number of nitriles is 1. The minimum absolute atomic E-state index is 0.0385. The number of aliphatic hydroxyl groups is 1. The molecule has 0 aliphatic rings. The molecule has 0 saturated carbocycles. The highest BCUT2D eigenvalue weighted by Gasteiger charge is 2.22. The lowest BCUT2D eigenvalue weighted by Crippen LogP contribution is -2.15. The molecule has 1 atom stereocenters. The molecule has 0 aromatic heterocycles. The van der Waals surface area contributed by atoms with E-state index >= 15 is 0 Å². The summed E-state index contributed by atoms with van der Waals surface area (Å²) in [5, 5.41) is 26.9. The van der Waals surface area contributed by atoms with Gasteiger partial charge in [0.1, 0.15) is 0 Å². The summed E-state index contributed by atoms with van der Waals surface area (Å²) in [6.45, 7) is 1.64. The van der Waals surface area contributed by atoms with E-state index in [0.717, 1.165) is 0 Å². The lowest BCUT2D eigenvalue weighted by atomic mass is 9.96. The van der Waals surface area contributed by atoms with Crippen molar-refractivity contribution in [3.63, 3.8) is 0 Å². The van der Waals surface area contributed by atoms with Gasteiger partial charge in [-0.25, -0.2) is 4.79 Å². The number of nitrogens with zero attached hydrogens (tertiary/aromatic N) is 1. The van der Waals surface area contributed by atoms with Crippen molar-refractivity contribution >= 4 is 11.8 Å². The number of hydrogen-bond acceptors (Lipinski definition) is 4. The third-order valence-electron chi connectivity index (χ3n) is 2.33. The number of aliphatic hydroxyl groups excluding tert-OH is 1. The molecule has 1 aromatic carbocycles. The molecule has 1 aromatic rings. The van der Waals surface area contributed by atoms with Crippen LogP contribution in [0.3, 0.4) is 0 Å². The highest BCUT2D eigenvalue weighted by Crippen LogP contribution is 2.21. The molecule has 0 spiro atoms. The van der Waals surface area contributed by atoms with Gasteiger partial charge in [0.2, 0.25) is 0 Å². The molecule has 2 N–H and O–H groups in total. The molecule has 0 fully saturated rings. The van der Waals surface area contributed by atoms with Crippen molar-refractivity contribution in [3.05, 3.63) is 34.9 Å². The third kappa shape index (κ3) is 2.68. The smallest absolute Gasteiger partial charge is 0.337 e. The van der Waals surface area contributed by atoms with Crippen molar-refractivity contribution < 1.29 is 19.8 Å². The third-order valence-corrected chi connectivity index (χ3v) is 2.33. The van der Waals surface area contributed by atoms with Gasteiger partial charge in [0.25, 0.3) is 0 Å². The zero-order valence-corrected chi connectivity index (χ0v) is 9.17. The van der Waals surface area contributed by atoms with Crippen LogP contribution in [0.15, 0.2) is 18.2 Å². The first kappa shape index (κ1) is 12.9. The highest BCUT2D eigenvalue weighted by molar-refractivity contribution is 5.98. The van der Waals surface area contributed by atoms with E-state index in [2.05, 4.69) is 0 Å². The number of rotatable bonds is 4. The first-order valence-corrected chi connectivity index (χ1v) is 4.99. The summed E-state index contributed by atoms with van der Waals surface area (Å²) in [5.74, 6) is -1.73. The number of aliphatic carboxylic acids is 1. The number of carboxylic acids is 1. The molecule has 0 saturated heterocycles. The Morgan fingerprint density at radius 2 is 2.12 bits per heavy atom. The van der Waals surface area contributed by atoms with E-state index in [1.807, 2.05) is 6.07 Å². The van der Waals surface area contributed by atoms with E-state index in [0.29, 0.717) is 0 Å². The van der Waals surface area contributed by atoms with Crippen LogP contribution in [0.5, 0.6) is 0 Å². The summed E-state index contributed by atoms with van der Waals surface area (Å²) in [4.78, 5) is 22.3. The van der Waals surface area contributed by atoms with Crippen LogP contribution < -0.4 is 0 Å². The first-order chi connectivity index (χ1) is 8.01. The maximum absolute atomic E-state index is 11.6. The summed E-state index contributed by atoms with van der Waals surface area (Å²) < 4.78 is 0. The van der Waals surface area contributed by atoms with Crippen molar-refractivity contribution in [2.45, 2.75) is 19.4 Å². The van der Waals surface area contributed by atoms with E-state index < -0.39 is 12.1 Å². The zero-order valence-electron chi connectivity index (χ0n) is 9.17. The Hall–Kier alpha value is -2.19. The van der Waals surface area contributed by atoms with E-state index in [-0.39, 0.29) is 28.9 Å². The minimum Gasteiger partial charge on any atom is -0.479 e. The van der Waals surface area contributed by atoms with Gasteiger partial charge in [-0.1, -0.05) is 6.92 Å². The van der Waals surface area contributed by atoms with E-state index in [9.17, 15) is 14.7 Å². The predicted molar refractivity (Wildman–Crippen MR) is 58.4 cm³/mol. The number of Topliss-reactive ketones (excluding diaryl/α,β-unsaturated/α-hetero) is 1. The molecule has 0 heterocycles. The minimum atomic E-state index is -1.80. The fourth-order valence-corrected chi connectivity index (χ4v) is 1.44. The van der Waals surface area contributed by atoms with Crippen LogP contribution in [0.2, 0.25) is 0 Å². The fourth-order valence-electron chi connectivity index (χ4n) is 1.44. The molecule has 17 heavy (non-hydrogen) atoms. The van der Waals surface area contributed by atoms with Gasteiger partial charge in [-0.3, -0.25) is 4.79 Å². The topological polar surface area (TPSA) is 98.4 Å². The first-order valence-electron chi connectivity index (χ1n) is 4.99. The van der Waals surface area contributed by atoms with Gasteiger partial charge in [0, 0.05) is 17.5 Å². The molecule has 1 rings (SSSR count). The maximum Gasteiger partial charge on any atom is 0.337 e. The number of carbonyl (C=O) groups excluding carboxylic acids is 1. The molecular formula is C12H11NO4. The van der Waals surface area contributed by atoms with Crippen LogP contribution in [0, 0.1) is 11.3 Å². The zero-order chi connectivity index (χ0) is 13.0. The second-order valence-electron chi connectivity index (χ2n) is 3.43. The number of benzene rings is 1. The van der Waals surface area contributed by atoms with Gasteiger partial charge >= 0.3 is 5.97 Å². The summed E-state index contributed by atoms with van der Waals surface area (Å²) in [7, 11) is 0. The van der Waals surface area contributed by atoms with Crippen LogP contribution in [0.25, 0.3) is 0 Å². The number of ketones is 1. The van der Waals surface area contributed by atoms with E-state index in [1.54, 1.807) is 6.92 Å². The van der Waals surface area contributed by atoms with Crippen LogP contribution in [-0.4, -0.2) is 22.0 Å². The maximum atomic E-state index is 11.6. The molecule has 1 unspecified atom stereocenters. The average Bonchev–Trinajstić information content (AvgIpc) is 2.35. The van der Waals surface area contributed by atoms with Gasteiger partial charge in [-0.2, -0.15) is 5.26 Å². The molecule has 88 valence electrons. The molecular weight excluding hydrogens is 222 g/mol. The normalized spacial score (nSPS) is 11.6. The van der Waals surface area contributed by atoms with Gasteiger partial charge < -0.3 is 10.2 Å². The molecule has 5 heteroatoms. The van der Waals surface area contributed by atoms with E-state index in [1.165, 1.54) is 18.2 Å². The second kappa shape index (κ2) is 5.23. The Balaban J connectivity index is 3.36. The van der Waals surface area contributed by atoms with Crippen LogP contribution >= 0.6 is 0 Å². The number of carbonyl (C=O) groups is 2. The lowest BCUT2D eigenvalue weighted by Gasteiger charge is -2.11. The Morgan fingerprint density at radius 3 is 2.59 bits per heavy atom. The molecule has 0 radical (unpaired) electrons. The number of hydrogen-bond donors (Lipinski definition) is 2. The Kier molecular flexibility index (Phi) is 3.96. The SMILES string of the molecule is CCC(=O)c1ccc(C#N)cc1C(O)C(=O)O. The van der Waals surface area contributed by atoms with Crippen LogP contribution in [0.4, 0.5) is 0 Å². The second-order valence-corrected chi connectivity index (χ2v) is 3.43. The molecule has 0 bridgehead atoms. The van der Waals surface area contributed by atoms with Crippen molar-refractivity contribution in [2.24, 2.45) is 0 Å². The average molecular weight is 233 g/mol. The van der Waals surface area contributed by atoms with Gasteiger partial charge in [0.15, 0.2) is 11.9 Å². The van der Waals surface area contributed by atoms with Gasteiger partial charge in [-0.05, 0) is 18.2 Å². The van der Waals surface area contributed by atoms with Crippen molar-refractivity contribution in [2.75, 3.05) is 0 Å². The van der Waals surface area contributed by atoms with Gasteiger partial charge in [0.05, 0.1) is 11.6 Å². The van der Waals surface area contributed by atoms with Crippen molar-refractivity contribution in [1.82, 2.24) is 0 Å². The summed E-state index contributed by atoms with van der Waals surface area (Å²) in [5.41, 5.74) is 0.303. The summed E-state index contributed by atoms with van der Waals surface area (Å²) in [6, 6.07) is 5.84. The Bertz CT molecular complexity index is 502. The quantitative estimate of drug-likeness (QED) is 0.763. The van der Waals surface area contributed by atoms with E-state index in [4.69, 9.17) is 10.4 Å². The Labute approximate surface area is 97.9 Å². The lowest BCUT2D eigenvalue weighted by molar-refractivity contribution is -0.146. The predicted octanol–water partition coefficient (Wildman–Crippen LogP) is 1.27. The summed E-state index contributed by atoms with van der Waals surface area (Å²) in [6.07, 6.45) is -1.60.